The van der Waals surface area contributed by atoms with Gasteiger partial charge in [-0.15, -0.1) is 11.8 Å². The molecular formula is C19H22N2O5S2. The first-order valence-corrected chi connectivity index (χ1v) is 11.5. The lowest BCUT2D eigenvalue weighted by Gasteiger charge is -2.23. The Balaban J connectivity index is 1.79. The van der Waals surface area contributed by atoms with Crippen LogP contribution in [0, 0.1) is 10.1 Å². The minimum absolute atomic E-state index is 0.0141. The number of nitro groups is 1. The monoisotopic (exact) mass is 422 g/mol. The van der Waals surface area contributed by atoms with Crippen molar-refractivity contribution in [2.24, 2.45) is 0 Å². The fourth-order valence-electron chi connectivity index (χ4n) is 2.90. The first-order valence-electron chi connectivity index (χ1n) is 9.04. The van der Waals surface area contributed by atoms with Crippen molar-refractivity contribution in [3.05, 3.63) is 64.2 Å². The highest BCUT2D eigenvalue weighted by Crippen LogP contribution is 2.41. The molecule has 0 amide bonds. The molecule has 0 aromatic heterocycles. The summed E-state index contributed by atoms with van der Waals surface area (Å²) in [4.78, 5) is 10.6. The van der Waals surface area contributed by atoms with Gasteiger partial charge in [-0.25, -0.2) is 8.42 Å². The van der Waals surface area contributed by atoms with E-state index in [0.29, 0.717) is 24.7 Å². The number of nitrogens with zero attached hydrogens (tertiary/aromatic N) is 2. The largest absolute Gasteiger partial charge is 0.494 e. The lowest BCUT2D eigenvalue weighted by molar-refractivity contribution is -0.384. The normalized spacial score (nSPS) is 17.5. The maximum Gasteiger partial charge on any atom is 0.269 e. The van der Waals surface area contributed by atoms with Crippen LogP contribution in [0.5, 0.6) is 5.75 Å². The molecule has 2 aromatic rings. The van der Waals surface area contributed by atoms with Crippen molar-refractivity contribution >= 4 is 27.5 Å². The van der Waals surface area contributed by atoms with Crippen LogP contribution in [0.4, 0.5) is 5.69 Å². The quantitative estimate of drug-likeness (QED) is 0.360. The van der Waals surface area contributed by atoms with Crippen LogP contribution >= 0.6 is 11.8 Å². The molecule has 0 aliphatic carbocycles. The second-order valence-electron chi connectivity index (χ2n) is 6.36. The summed E-state index contributed by atoms with van der Waals surface area (Å²) >= 11 is 1.51. The van der Waals surface area contributed by atoms with Gasteiger partial charge in [0.1, 0.15) is 5.75 Å². The molecule has 7 nitrogen and oxygen atoms in total. The van der Waals surface area contributed by atoms with E-state index in [1.165, 1.54) is 28.2 Å². The number of non-ortho nitro benzene ring substituents is 1. The SMILES string of the molecule is CCCCOc1ccc(S(=O)(=O)N2CCS[C@H]2c2ccc([N+](=O)[O-])cc2)cc1. The molecule has 9 heteroatoms. The summed E-state index contributed by atoms with van der Waals surface area (Å²) in [5.41, 5.74) is 0.719. The number of sulfonamides is 1. The number of hydrogen-bond donors (Lipinski definition) is 0. The summed E-state index contributed by atoms with van der Waals surface area (Å²) in [5, 5.41) is 10.4. The Kier molecular flexibility index (Phi) is 6.58. The summed E-state index contributed by atoms with van der Waals surface area (Å²) in [6.45, 7) is 3.07. The molecule has 0 radical (unpaired) electrons. The lowest BCUT2D eigenvalue weighted by Crippen LogP contribution is -2.30. The molecule has 0 bridgehead atoms. The molecule has 0 spiro atoms. The number of thioether (sulfide) groups is 1. The van der Waals surface area contributed by atoms with Crippen molar-refractivity contribution in [1.29, 1.82) is 0 Å². The zero-order chi connectivity index (χ0) is 20.1. The number of rotatable bonds is 8. The Morgan fingerprint density at radius 1 is 1.18 bits per heavy atom. The summed E-state index contributed by atoms with van der Waals surface area (Å²) in [7, 11) is -3.68. The minimum atomic E-state index is -3.68. The number of unbranched alkanes of at least 4 members (excludes halogenated alkanes) is 1. The summed E-state index contributed by atoms with van der Waals surface area (Å²) in [6, 6.07) is 12.5. The van der Waals surface area contributed by atoms with Crippen LogP contribution in [0.25, 0.3) is 0 Å². The van der Waals surface area contributed by atoms with E-state index in [2.05, 4.69) is 6.92 Å². The van der Waals surface area contributed by atoms with Crippen molar-refractivity contribution in [2.45, 2.75) is 30.0 Å². The van der Waals surface area contributed by atoms with Crippen LogP contribution in [0.15, 0.2) is 53.4 Å². The van der Waals surface area contributed by atoms with Crippen LogP contribution < -0.4 is 4.74 Å². The number of benzene rings is 2. The second-order valence-corrected chi connectivity index (χ2v) is 9.44. The summed E-state index contributed by atoms with van der Waals surface area (Å²) in [6.07, 6.45) is 1.98. The zero-order valence-electron chi connectivity index (χ0n) is 15.5. The van der Waals surface area contributed by atoms with Gasteiger partial charge in [-0.2, -0.15) is 4.31 Å². The molecule has 2 aromatic carbocycles. The van der Waals surface area contributed by atoms with E-state index < -0.39 is 20.3 Å². The van der Waals surface area contributed by atoms with Crippen molar-refractivity contribution in [3.8, 4) is 5.75 Å². The molecule has 0 saturated carbocycles. The van der Waals surface area contributed by atoms with Gasteiger partial charge >= 0.3 is 0 Å². The fourth-order valence-corrected chi connectivity index (χ4v) is 6.14. The maximum absolute atomic E-state index is 13.1. The highest BCUT2D eigenvalue weighted by molar-refractivity contribution is 8.01. The van der Waals surface area contributed by atoms with Gasteiger partial charge in [-0.3, -0.25) is 10.1 Å². The topological polar surface area (TPSA) is 89.8 Å². The van der Waals surface area contributed by atoms with E-state index >= 15 is 0 Å². The first kappa shape index (κ1) is 20.6. The number of nitro benzene ring substituents is 1. The maximum atomic E-state index is 13.1. The van der Waals surface area contributed by atoms with Crippen LogP contribution in [0.1, 0.15) is 30.7 Å². The van der Waals surface area contributed by atoms with Crippen LogP contribution in [-0.2, 0) is 10.0 Å². The third-order valence-electron chi connectivity index (χ3n) is 4.43. The standard InChI is InChI=1S/C19H22N2O5S2/c1-2-3-13-26-17-8-10-18(11-9-17)28(24,25)20-12-14-27-19(20)15-4-6-16(7-5-15)21(22)23/h4-11,19H,2-3,12-14H2,1H3/t19-/m0/s1. The van der Waals surface area contributed by atoms with Gasteiger partial charge in [0.05, 0.1) is 21.8 Å². The minimum Gasteiger partial charge on any atom is -0.494 e. The van der Waals surface area contributed by atoms with Crippen molar-refractivity contribution < 1.29 is 18.1 Å². The van der Waals surface area contributed by atoms with Gasteiger partial charge < -0.3 is 4.74 Å². The Labute approximate surface area is 168 Å². The summed E-state index contributed by atoms with van der Waals surface area (Å²) in [5.74, 6) is 1.31. The van der Waals surface area contributed by atoms with Crippen LogP contribution in [0.2, 0.25) is 0 Å². The second kappa shape index (κ2) is 8.93. The Morgan fingerprint density at radius 2 is 1.86 bits per heavy atom. The third-order valence-corrected chi connectivity index (χ3v) is 7.71. The molecule has 1 saturated heterocycles. The molecule has 1 heterocycles. The van der Waals surface area contributed by atoms with E-state index in [-0.39, 0.29) is 10.6 Å². The third kappa shape index (κ3) is 4.48. The first-order chi connectivity index (χ1) is 13.4. The Hall–Kier alpha value is -2.10. The molecular weight excluding hydrogens is 400 g/mol. The molecule has 1 aliphatic rings. The predicted molar refractivity (Wildman–Crippen MR) is 109 cm³/mol. The molecule has 150 valence electrons. The van der Waals surface area contributed by atoms with E-state index in [4.69, 9.17) is 4.74 Å². The smallest absolute Gasteiger partial charge is 0.269 e. The lowest BCUT2D eigenvalue weighted by atomic mass is 10.2. The molecule has 3 rings (SSSR count). The summed E-state index contributed by atoms with van der Waals surface area (Å²) < 4.78 is 33.3. The van der Waals surface area contributed by atoms with Gasteiger partial charge in [-0.05, 0) is 48.4 Å². The van der Waals surface area contributed by atoms with Crippen LogP contribution in [-0.4, -0.2) is 36.6 Å². The highest BCUT2D eigenvalue weighted by Gasteiger charge is 2.37. The molecule has 1 atom stereocenters. The average molecular weight is 423 g/mol. The van der Waals surface area contributed by atoms with E-state index in [1.807, 2.05) is 0 Å². The van der Waals surface area contributed by atoms with Gasteiger partial charge in [-0.1, -0.05) is 13.3 Å². The predicted octanol–water partition coefficient (Wildman–Crippen LogP) is 4.21. The van der Waals surface area contributed by atoms with E-state index in [9.17, 15) is 18.5 Å². The zero-order valence-corrected chi connectivity index (χ0v) is 17.1. The Bertz CT molecular complexity index is 914. The molecule has 0 N–H and O–H groups in total. The van der Waals surface area contributed by atoms with E-state index in [0.717, 1.165) is 18.4 Å². The Morgan fingerprint density at radius 3 is 2.46 bits per heavy atom. The molecule has 28 heavy (non-hydrogen) atoms. The van der Waals surface area contributed by atoms with Gasteiger partial charge in [0, 0.05) is 24.4 Å². The molecule has 1 aliphatic heterocycles. The van der Waals surface area contributed by atoms with Gasteiger partial charge in [0.2, 0.25) is 10.0 Å². The number of ether oxygens (including phenoxy) is 1. The number of hydrogen-bond acceptors (Lipinski definition) is 6. The van der Waals surface area contributed by atoms with Crippen molar-refractivity contribution in [3.63, 3.8) is 0 Å². The molecule has 0 unspecified atom stereocenters. The van der Waals surface area contributed by atoms with E-state index in [1.54, 1.807) is 36.4 Å². The van der Waals surface area contributed by atoms with Crippen LogP contribution in [0.3, 0.4) is 0 Å². The molecule has 1 fully saturated rings. The van der Waals surface area contributed by atoms with Crippen molar-refractivity contribution in [2.75, 3.05) is 18.9 Å². The van der Waals surface area contributed by atoms with Gasteiger partial charge in [0.15, 0.2) is 0 Å². The van der Waals surface area contributed by atoms with Crippen molar-refractivity contribution in [1.82, 2.24) is 4.31 Å². The van der Waals surface area contributed by atoms with Gasteiger partial charge in [0.25, 0.3) is 5.69 Å². The average Bonchev–Trinajstić information content (AvgIpc) is 3.19. The highest BCUT2D eigenvalue weighted by atomic mass is 32.2. The fraction of sp³-hybridized carbons (Fsp3) is 0.368.